The van der Waals surface area contributed by atoms with Crippen LogP contribution in [0.3, 0.4) is 0 Å². The molecule has 5 rings (SSSR count). The minimum Gasteiger partial charge on any atom is -0.342 e. The van der Waals surface area contributed by atoms with Gasteiger partial charge in [0.1, 0.15) is 5.82 Å². The lowest BCUT2D eigenvalue weighted by molar-refractivity contribution is -0.142. The first-order valence-corrected chi connectivity index (χ1v) is 13.9. The minimum absolute atomic E-state index is 0.0601. The Hall–Kier alpha value is -2.64. The Balaban J connectivity index is 1.33. The molecule has 1 saturated carbocycles. The van der Waals surface area contributed by atoms with Gasteiger partial charge in [-0.25, -0.2) is 4.39 Å². The van der Waals surface area contributed by atoms with Crippen LogP contribution in [0.25, 0.3) is 0 Å². The van der Waals surface area contributed by atoms with E-state index in [4.69, 9.17) is 23.2 Å². The van der Waals surface area contributed by atoms with Crippen molar-refractivity contribution in [1.29, 1.82) is 0 Å². The normalized spacial score (nSPS) is 22.9. The third-order valence-corrected chi connectivity index (χ3v) is 9.27. The molecule has 0 spiro atoms. The molecule has 3 aliphatic rings. The quantitative estimate of drug-likeness (QED) is 0.503. The van der Waals surface area contributed by atoms with Crippen molar-refractivity contribution in [2.75, 3.05) is 33.2 Å². The summed E-state index contributed by atoms with van der Waals surface area (Å²) in [5, 5.41) is 0.858. The number of piperidine rings is 1. The van der Waals surface area contributed by atoms with Crippen molar-refractivity contribution >= 4 is 40.9 Å². The van der Waals surface area contributed by atoms with E-state index < -0.39 is 5.82 Å². The maximum Gasteiger partial charge on any atom is 0.253 e. The average molecular weight is 560 g/mol. The summed E-state index contributed by atoms with van der Waals surface area (Å²) in [4.78, 5) is 45.1. The fourth-order valence-electron chi connectivity index (χ4n) is 5.75. The molecule has 0 radical (unpaired) electrons. The zero-order chi connectivity index (χ0) is 27.2. The van der Waals surface area contributed by atoms with Crippen LogP contribution in [0.4, 0.5) is 4.39 Å². The number of hydrogen-bond donors (Lipinski definition) is 0. The zero-order valence-corrected chi connectivity index (χ0v) is 23.1. The van der Waals surface area contributed by atoms with Gasteiger partial charge in [0.05, 0.1) is 16.1 Å². The highest BCUT2D eigenvalue weighted by atomic mass is 35.5. The standard InChI is InChI=1S/C29H32Cl2FN3O3/c1-29(11-12-29)28(38)34-13-9-19(10-14-34)27(37)35-16-22(20-5-8-23(30)24(31)15-20)25(17-35)33(2)26(36)18-3-6-21(32)7-4-18/h3-8,15,19,22,25H,9-14,16-17H2,1-2H3/t22-,25+/m0/s1. The first-order valence-electron chi connectivity index (χ1n) is 13.1. The number of carbonyl (C=O) groups is 3. The predicted octanol–water partition coefficient (Wildman–Crippen LogP) is 5.24. The Labute approximate surface area is 232 Å². The molecule has 2 saturated heterocycles. The molecule has 38 heavy (non-hydrogen) atoms. The molecule has 202 valence electrons. The van der Waals surface area contributed by atoms with Crippen molar-refractivity contribution in [1.82, 2.24) is 14.7 Å². The second-order valence-corrected chi connectivity index (χ2v) is 12.0. The van der Waals surface area contributed by atoms with Gasteiger partial charge in [0.25, 0.3) is 5.91 Å². The Kier molecular flexibility index (Phi) is 7.44. The van der Waals surface area contributed by atoms with Crippen molar-refractivity contribution in [2.45, 2.75) is 44.6 Å². The van der Waals surface area contributed by atoms with Crippen LogP contribution in [0.5, 0.6) is 0 Å². The smallest absolute Gasteiger partial charge is 0.253 e. The molecule has 0 aromatic heterocycles. The molecule has 0 N–H and O–H groups in total. The third-order valence-electron chi connectivity index (χ3n) is 8.53. The molecule has 2 atom stereocenters. The summed E-state index contributed by atoms with van der Waals surface area (Å²) < 4.78 is 13.4. The number of benzene rings is 2. The van der Waals surface area contributed by atoms with Crippen LogP contribution in [0.2, 0.25) is 10.0 Å². The van der Waals surface area contributed by atoms with E-state index in [0.29, 0.717) is 54.6 Å². The van der Waals surface area contributed by atoms with Gasteiger partial charge in [0.2, 0.25) is 11.8 Å². The van der Waals surface area contributed by atoms with Crippen LogP contribution in [0.15, 0.2) is 42.5 Å². The zero-order valence-electron chi connectivity index (χ0n) is 21.6. The average Bonchev–Trinajstić information content (AvgIpc) is 3.52. The van der Waals surface area contributed by atoms with Crippen molar-refractivity contribution in [2.24, 2.45) is 11.3 Å². The van der Waals surface area contributed by atoms with Crippen LogP contribution in [-0.2, 0) is 9.59 Å². The highest BCUT2D eigenvalue weighted by Crippen LogP contribution is 2.47. The monoisotopic (exact) mass is 559 g/mol. The SMILES string of the molecule is CN(C(=O)c1ccc(F)cc1)[C@@H]1CN(C(=O)C2CCN(C(=O)C3(C)CC3)CC2)C[C@H]1c1ccc(Cl)c(Cl)c1. The van der Waals surface area contributed by atoms with E-state index in [1.54, 1.807) is 24.1 Å². The molecule has 3 amide bonds. The fourth-order valence-corrected chi connectivity index (χ4v) is 6.05. The highest BCUT2D eigenvalue weighted by molar-refractivity contribution is 6.42. The first-order chi connectivity index (χ1) is 18.1. The Morgan fingerprint density at radius 3 is 2.21 bits per heavy atom. The van der Waals surface area contributed by atoms with E-state index in [-0.39, 0.29) is 41.0 Å². The molecule has 9 heteroatoms. The van der Waals surface area contributed by atoms with Crippen LogP contribution in [0.1, 0.15) is 54.4 Å². The Morgan fingerprint density at radius 2 is 1.61 bits per heavy atom. The van der Waals surface area contributed by atoms with Crippen molar-refractivity contribution in [3.8, 4) is 0 Å². The molecular weight excluding hydrogens is 528 g/mol. The van der Waals surface area contributed by atoms with E-state index in [1.165, 1.54) is 24.3 Å². The maximum absolute atomic E-state index is 13.7. The van der Waals surface area contributed by atoms with Crippen LogP contribution >= 0.6 is 23.2 Å². The largest absolute Gasteiger partial charge is 0.342 e. The fraction of sp³-hybridized carbons (Fsp3) is 0.483. The second kappa shape index (κ2) is 10.5. The van der Waals surface area contributed by atoms with Gasteiger partial charge in [-0.15, -0.1) is 0 Å². The van der Waals surface area contributed by atoms with Crippen molar-refractivity contribution < 1.29 is 18.8 Å². The minimum atomic E-state index is -0.408. The second-order valence-electron chi connectivity index (χ2n) is 11.1. The van der Waals surface area contributed by atoms with Gasteiger partial charge in [-0.1, -0.05) is 36.2 Å². The van der Waals surface area contributed by atoms with Gasteiger partial charge in [-0.2, -0.15) is 0 Å². The summed E-state index contributed by atoms with van der Waals surface area (Å²) in [5.74, 6) is -0.698. The summed E-state index contributed by atoms with van der Waals surface area (Å²) in [6.45, 7) is 4.04. The van der Waals surface area contributed by atoms with E-state index in [0.717, 1.165) is 18.4 Å². The highest BCUT2D eigenvalue weighted by Gasteiger charge is 2.48. The molecule has 0 unspecified atom stereocenters. The number of amides is 3. The van der Waals surface area contributed by atoms with E-state index in [2.05, 4.69) is 0 Å². The topological polar surface area (TPSA) is 60.9 Å². The third kappa shape index (κ3) is 5.28. The number of likely N-dealkylation sites (tertiary alicyclic amines) is 2. The van der Waals surface area contributed by atoms with E-state index in [9.17, 15) is 18.8 Å². The molecule has 0 bridgehead atoms. The lowest BCUT2D eigenvalue weighted by Gasteiger charge is -2.34. The van der Waals surface area contributed by atoms with Crippen LogP contribution in [0, 0.1) is 17.2 Å². The maximum atomic E-state index is 13.7. The van der Waals surface area contributed by atoms with Crippen LogP contribution in [-0.4, -0.2) is 71.7 Å². The summed E-state index contributed by atoms with van der Waals surface area (Å²) >= 11 is 12.5. The number of carbonyl (C=O) groups excluding carboxylic acids is 3. The van der Waals surface area contributed by atoms with Crippen molar-refractivity contribution in [3.05, 3.63) is 69.5 Å². The van der Waals surface area contributed by atoms with Gasteiger partial charge in [0, 0.05) is 56.0 Å². The lowest BCUT2D eigenvalue weighted by Crippen LogP contribution is -2.46. The molecule has 2 heterocycles. The number of hydrogen-bond acceptors (Lipinski definition) is 3. The van der Waals surface area contributed by atoms with Gasteiger partial charge in [-0.3, -0.25) is 14.4 Å². The van der Waals surface area contributed by atoms with Crippen molar-refractivity contribution in [3.63, 3.8) is 0 Å². The van der Waals surface area contributed by atoms with E-state index >= 15 is 0 Å². The molecule has 6 nitrogen and oxygen atoms in total. The van der Waals surface area contributed by atoms with Gasteiger partial charge >= 0.3 is 0 Å². The number of nitrogens with zero attached hydrogens (tertiary/aromatic N) is 3. The summed E-state index contributed by atoms with van der Waals surface area (Å²) in [7, 11) is 1.72. The Bertz CT molecular complexity index is 1240. The number of halogens is 3. The molecule has 2 aromatic carbocycles. The number of rotatable bonds is 5. The first kappa shape index (κ1) is 26.9. The van der Waals surface area contributed by atoms with Crippen LogP contribution < -0.4 is 0 Å². The molecule has 2 aliphatic heterocycles. The lowest BCUT2D eigenvalue weighted by atomic mass is 9.93. The molecule has 1 aliphatic carbocycles. The molecule has 3 fully saturated rings. The van der Waals surface area contributed by atoms with Gasteiger partial charge in [-0.05, 0) is 67.6 Å². The Morgan fingerprint density at radius 1 is 0.947 bits per heavy atom. The number of likely N-dealkylation sites (N-methyl/N-ethyl adjacent to an activating group) is 1. The van der Waals surface area contributed by atoms with E-state index in [1.807, 2.05) is 22.8 Å². The summed E-state index contributed by atoms with van der Waals surface area (Å²) in [5.41, 5.74) is 1.08. The predicted molar refractivity (Wildman–Crippen MR) is 145 cm³/mol. The summed E-state index contributed by atoms with van der Waals surface area (Å²) in [6.07, 6.45) is 3.17. The summed E-state index contributed by atoms with van der Waals surface area (Å²) in [6, 6.07) is 10.6. The molecule has 2 aromatic rings. The molecular formula is C29H32Cl2FN3O3. The van der Waals surface area contributed by atoms with Gasteiger partial charge in [0.15, 0.2) is 0 Å². The van der Waals surface area contributed by atoms with Gasteiger partial charge < -0.3 is 14.7 Å².